The summed E-state index contributed by atoms with van der Waals surface area (Å²) in [5.74, 6) is 0.154. The molecule has 1 aromatic carbocycles. The van der Waals surface area contributed by atoms with Crippen molar-refractivity contribution in [2.45, 2.75) is 32.1 Å². The molecule has 0 aromatic heterocycles. The van der Waals surface area contributed by atoms with Crippen molar-refractivity contribution < 1.29 is 24.2 Å². The summed E-state index contributed by atoms with van der Waals surface area (Å²) in [6.07, 6.45) is 3.40. The number of methoxy groups -OCH3 is 1. The molecule has 2 atom stereocenters. The first kappa shape index (κ1) is 18.1. The molecule has 0 spiro atoms. The van der Waals surface area contributed by atoms with E-state index in [1.807, 2.05) is 24.3 Å². The topological polar surface area (TPSA) is 84.9 Å². The SMILES string of the molecule is COc1ccc(OCCCNC(=O)C2CCCC(C(=O)O)C2)cc1. The molecule has 24 heavy (non-hydrogen) atoms. The lowest BCUT2D eigenvalue weighted by atomic mass is 9.81. The molecule has 2 unspecified atom stereocenters. The van der Waals surface area contributed by atoms with Crippen LogP contribution in [-0.4, -0.2) is 37.2 Å². The van der Waals surface area contributed by atoms with E-state index in [2.05, 4.69) is 5.32 Å². The number of ether oxygens (including phenoxy) is 2. The maximum Gasteiger partial charge on any atom is 0.306 e. The molecule has 0 radical (unpaired) electrons. The van der Waals surface area contributed by atoms with Gasteiger partial charge in [0.2, 0.25) is 5.91 Å². The van der Waals surface area contributed by atoms with Crippen LogP contribution in [0.3, 0.4) is 0 Å². The Bertz CT molecular complexity index is 543. The summed E-state index contributed by atoms with van der Waals surface area (Å²) in [4.78, 5) is 23.2. The molecular weight excluding hydrogens is 310 g/mol. The zero-order chi connectivity index (χ0) is 17.4. The van der Waals surface area contributed by atoms with Crippen molar-refractivity contribution in [3.05, 3.63) is 24.3 Å². The quantitative estimate of drug-likeness (QED) is 0.713. The Labute approximate surface area is 142 Å². The van der Waals surface area contributed by atoms with Crippen LogP contribution in [-0.2, 0) is 9.59 Å². The van der Waals surface area contributed by atoms with E-state index in [0.29, 0.717) is 32.4 Å². The van der Waals surface area contributed by atoms with Gasteiger partial charge in [-0.15, -0.1) is 0 Å². The third kappa shape index (κ3) is 5.44. The highest BCUT2D eigenvalue weighted by atomic mass is 16.5. The van der Waals surface area contributed by atoms with Crippen LogP contribution in [0.2, 0.25) is 0 Å². The smallest absolute Gasteiger partial charge is 0.306 e. The summed E-state index contributed by atoms with van der Waals surface area (Å²) < 4.78 is 10.7. The number of aliphatic carboxylic acids is 1. The van der Waals surface area contributed by atoms with Gasteiger partial charge in [0.15, 0.2) is 0 Å². The van der Waals surface area contributed by atoms with Gasteiger partial charge in [0.05, 0.1) is 19.6 Å². The predicted molar refractivity (Wildman–Crippen MR) is 89.2 cm³/mol. The van der Waals surface area contributed by atoms with E-state index in [1.165, 1.54) is 0 Å². The van der Waals surface area contributed by atoms with Crippen LogP contribution in [0, 0.1) is 11.8 Å². The molecule has 0 saturated heterocycles. The number of hydrogen-bond acceptors (Lipinski definition) is 4. The minimum absolute atomic E-state index is 0.0367. The number of carboxylic acids is 1. The van der Waals surface area contributed by atoms with Crippen molar-refractivity contribution in [2.24, 2.45) is 11.8 Å². The molecule has 1 amide bonds. The van der Waals surface area contributed by atoms with Crippen molar-refractivity contribution in [2.75, 3.05) is 20.3 Å². The molecule has 1 saturated carbocycles. The van der Waals surface area contributed by atoms with Gasteiger partial charge in [0, 0.05) is 12.5 Å². The van der Waals surface area contributed by atoms with Crippen LogP contribution in [0.25, 0.3) is 0 Å². The molecule has 1 aromatic rings. The highest BCUT2D eigenvalue weighted by molar-refractivity contribution is 5.80. The van der Waals surface area contributed by atoms with E-state index < -0.39 is 5.97 Å². The van der Waals surface area contributed by atoms with Crippen LogP contribution >= 0.6 is 0 Å². The van der Waals surface area contributed by atoms with Gasteiger partial charge in [-0.2, -0.15) is 0 Å². The fraction of sp³-hybridized carbons (Fsp3) is 0.556. The summed E-state index contributed by atoms with van der Waals surface area (Å²) in [6.45, 7) is 1.04. The number of carbonyl (C=O) groups excluding carboxylic acids is 1. The van der Waals surface area contributed by atoms with Gasteiger partial charge >= 0.3 is 5.97 Å². The van der Waals surface area contributed by atoms with Gasteiger partial charge in [-0.3, -0.25) is 9.59 Å². The van der Waals surface area contributed by atoms with E-state index >= 15 is 0 Å². The monoisotopic (exact) mass is 335 g/mol. The summed E-state index contributed by atoms with van der Waals surface area (Å²) in [5.41, 5.74) is 0. The Kier molecular flexibility index (Phi) is 6.90. The molecular formula is C18H25NO5. The highest BCUT2D eigenvalue weighted by Crippen LogP contribution is 2.29. The first-order valence-corrected chi connectivity index (χ1v) is 8.37. The Morgan fingerprint density at radius 3 is 2.50 bits per heavy atom. The summed E-state index contributed by atoms with van der Waals surface area (Å²) in [5, 5.41) is 12.0. The number of hydrogen-bond donors (Lipinski definition) is 2. The molecule has 1 aliphatic carbocycles. The van der Waals surface area contributed by atoms with Crippen molar-refractivity contribution in [3.63, 3.8) is 0 Å². The van der Waals surface area contributed by atoms with E-state index in [9.17, 15) is 9.59 Å². The number of amides is 1. The van der Waals surface area contributed by atoms with Gasteiger partial charge in [-0.1, -0.05) is 6.42 Å². The predicted octanol–water partition coefficient (Wildman–Crippen LogP) is 2.47. The minimum atomic E-state index is -0.791. The van der Waals surface area contributed by atoms with E-state index in [0.717, 1.165) is 24.3 Å². The fourth-order valence-electron chi connectivity index (χ4n) is 2.94. The first-order chi connectivity index (χ1) is 11.6. The van der Waals surface area contributed by atoms with Crippen molar-refractivity contribution in [3.8, 4) is 11.5 Å². The van der Waals surface area contributed by atoms with Crippen molar-refractivity contribution in [1.82, 2.24) is 5.32 Å². The number of nitrogens with one attached hydrogen (secondary N) is 1. The molecule has 2 N–H and O–H groups in total. The second-order valence-electron chi connectivity index (χ2n) is 6.07. The lowest BCUT2D eigenvalue weighted by Gasteiger charge is -2.25. The van der Waals surface area contributed by atoms with Gasteiger partial charge in [0.1, 0.15) is 11.5 Å². The van der Waals surface area contributed by atoms with Crippen LogP contribution in [0.1, 0.15) is 32.1 Å². The van der Waals surface area contributed by atoms with Gasteiger partial charge in [-0.05, 0) is 49.9 Å². The maximum absolute atomic E-state index is 12.1. The average Bonchev–Trinajstić information content (AvgIpc) is 2.62. The Morgan fingerprint density at radius 2 is 1.83 bits per heavy atom. The second-order valence-corrected chi connectivity index (χ2v) is 6.07. The Balaban J connectivity index is 1.62. The van der Waals surface area contributed by atoms with Gasteiger partial charge in [-0.25, -0.2) is 0 Å². The lowest BCUT2D eigenvalue weighted by Crippen LogP contribution is -2.36. The van der Waals surface area contributed by atoms with E-state index in [-0.39, 0.29) is 17.7 Å². The number of carboxylic acid groups (broad SMARTS) is 1. The van der Waals surface area contributed by atoms with Crippen molar-refractivity contribution >= 4 is 11.9 Å². The molecule has 2 rings (SSSR count). The van der Waals surface area contributed by atoms with Gasteiger partial charge in [0.25, 0.3) is 0 Å². The number of carbonyl (C=O) groups is 2. The molecule has 132 valence electrons. The summed E-state index contributed by atoms with van der Waals surface area (Å²) in [6, 6.07) is 7.34. The largest absolute Gasteiger partial charge is 0.497 e. The molecule has 0 bridgehead atoms. The zero-order valence-electron chi connectivity index (χ0n) is 14.0. The summed E-state index contributed by atoms with van der Waals surface area (Å²) in [7, 11) is 1.61. The van der Waals surface area contributed by atoms with E-state index in [4.69, 9.17) is 14.6 Å². The average molecular weight is 335 g/mol. The van der Waals surface area contributed by atoms with Crippen LogP contribution in [0.4, 0.5) is 0 Å². The third-order valence-electron chi connectivity index (χ3n) is 4.34. The minimum Gasteiger partial charge on any atom is -0.497 e. The van der Waals surface area contributed by atoms with Crippen LogP contribution < -0.4 is 14.8 Å². The lowest BCUT2D eigenvalue weighted by molar-refractivity contribution is -0.144. The normalized spacial score (nSPS) is 20.2. The second kappa shape index (κ2) is 9.15. The highest BCUT2D eigenvalue weighted by Gasteiger charge is 2.30. The summed E-state index contributed by atoms with van der Waals surface area (Å²) >= 11 is 0. The Hall–Kier alpha value is -2.24. The van der Waals surface area contributed by atoms with E-state index in [1.54, 1.807) is 7.11 Å². The number of rotatable bonds is 8. The third-order valence-corrected chi connectivity index (χ3v) is 4.34. The molecule has 1 aliphatic rings. The van der Waals surface area contributed by atoms with Crippen molar-refractivity contribution in [1.29, 1.82) is 0 Å². The molecule has 6 heteroatoms. The molecule has 1 fully saturated rings. The fourth-order valence-corrected chi connectivity index (χ4v) is 2.94. The molecule has 6 nitrogen and oxygen atoms in total. The standard InChI is InChI=1S/C18H25NO5/c1-23-15-6-8-16(9-7-15)24-11-3-10-19-17(20)13-4-2-5-14(12-13)18(21)22/h6-9,13-14H,2-5,10-12H2,1H3,(H,19,20)(H,21,22). The molecule has 0 heterocycles. The van der Waals surface area contributed by atoms with Crippen LogP contribution in [0.15, 0.2) is 24.3 Å². The zero-order valence-corrected chi connectivity index (χ0v) is 14.0. The van der Waals surface area contributed by atoms with Gasteiger partial charge < -0.3 is 19.9 Å². The first-order valence-electron chi connectivity index (χ1n) is 8.37. The number of benzene rings is 1. The maximum atomic E-state index is 12.1. The van der Waals surface area contributed by atoms with Crippen LogP contribution in [0.5, 0.6) is 11.5 Å². The molecule has 0 aliphatic heterocycles. The Morgan fingerprint density at radius 1 is 1.17 bits per heavy atom.